The summed E-state index contributed by atoms with van der Waals surface area (Å²) in [5, 5.41) is 11.1. The monoisotopic (exact) mass is 229 g/mol. The molecule has 88 valence electrons. The largest absolute Gasteiger partial charge is 0.480 e. The highest BCUT2D eigenvalue weighted by molar-refractivity contribution is 5.87. The molecule has 0 unspecified atom stereocenters. The number of aryl methyl sites for hydroxylation is 1. The standard InChI is InChI=1S/C14H15NO2/c1-10-3-4-12-8-13(6-5-11(12)7-10)15(2)9-14(16)17/h3-8H,9H2,1-2H3,(H,16,17). The van der Waals surface area contributed by atoms with E-state index in [4.69, 9.17) is 5.11 Å². The number of hydrogen-bond acceptors (Lipinski definition) is 2. The van der Waals surface area contributed by atoms with Crippen LogP contribution < -0.4 is 4.90 Å². The van der Waals surface area contributed by atoms with Crippen LogP contribution in [-0.4, -0.2) is 24.7 Å². The lowest BCUT2D eigenvalue weighted by atomic mass is 10.1. The fourth-order valence-electron chi connectivity index (χ4n) is 1.88. The Kier molecular flexibility index (Phi) is 3.00. The minimum absolute atomic E-state index is 0.0113. The smallest absolute Gasteiger partial charge is 0.323 e. The molecule has 17 heavy (non-hydrogen) atoms. The number of nitrogens with zero attached hydrogens (tertiary/aromatic N) is 1. The van der Waals surface area contributed by atoms with Crippen molar-refractivity contribution < 1.29 is 9.90 Å². The Hall–Kier alpha value is -2.03. The molecule has 0 radical (unpaired) electrons. The van der Waals surface area contributed by atoms with Gasteiger partial charge in [0.15, 0.2) is 0 Å². The van der Waals surface area contributed by atoms with Crippen LogP contribution in [-0.2, 0) is 4.79 Å². The molecule has 0 heterocycles. The molecule has 0 saturated heterocycles. The quantitative estimate of drug-likeness (QED) is 0.879. The highest BCUT2D eigenvalue weighted by Gasteiger charge is 2.06. The number of benzene rings is 2. The minimum atomic E-state index is -0.823. The molecule has 0 aliphatic carbocycles. The van der Waals surface area contributed by atoms with Crippen LogP contribution >= 0.6 is 0 Å². The van der Waals surface area contributed by atoms with Crippen molar-refractivity contribution in [3.05, 3.63) is 42.0 Å². The van der Waals surface area contributed by atoms with Crippen LogP contribution in [0.1, 0.15) is 5.56 Å². The molecular formula is C14H15NO2. The lowest BCUT2D eigenvalue weighted by Gasteiger charge is -2.17. The maximum atomic E-state index is 10.6. The molecule has 0 spiro atoms. The van der Waals surface area contributed by atoms with Gasteiger partial charge in [0.25, 0.3) is 0 Å². The van der Waals surface area contributed by atoms with E-state index in [9.17, 15) is 4.79 Å². The summed E-state index contributed by atoms with van der Waals surface area (Å²) in [6.45, 7) is 2.07. The Morgan fingerprint density at radius 2 is 1.82 bits per heavy atom. The number of carboxylic acids is 1. The first-order valence-corrected chi connectivity index (χ1v) is 5.49. The summed E-state index contributed by atoms with van der Waals surface area (Å²) in [4.78, 5) is 12.4. The highest BCUT2D eigenvalue weighted by Crippen LogP contribution is 2.22. The maximum Gasteiger partial charge on any atom is 0.323 e. The fourth-order valence-corrected chi connectivity index (χ4v) is 1.88. The van der Waals surface area contributed by atoms with E-state index in [1.165, 1.54) is 10.9 Å². The third kappa shape index (κ3) is 2.56. The predicted octanol–water partition coefficient (Wildman–Crippen LogP) is 2.67. The molecule has 0 amide bonds. The maximum absolute atomic E-state index is 10.6. The third-order valence-corrected chi connectivity index (χ3v) is 2.79. The van der Waals surface area contributed by atoms with Crippen LogP contribution in [0.15, 0.2) is 36.4 Å². The van der Waals surface area contributed by atoms with Gasteiger partial charge in [-0.2, -0.15) is 0 Å². The molecule has 0 saturated carbocycles. The van der Waals surface area contributed by atoms with Crippen LogP contribution in [0.4, 0.5) is 5.69 Å². The summed E-state index contributed by atoms with van der Waals surface area (Å²) in [5.41, 5.74) is 2.15. The summed E-state index contributed by atoms with van der Waals surface area (Å²) in [6.07, 6.45) is 0. The summed E-state index contributed by atoms with van der Waals surface area (Å²) in [6, 6.07) is 12.2. The number of aliphatic carboxylic acids is 1. The minimum Gasteiger partial charge on any atom is -0.480 e. The Morgan fingerprint density at radius 1 is 1.18 bits per heavy atom. The van der Waals surface area contributed by atoms with Crippen molar-refractivity contribution in [2.75, 3.05) is 18.5 Å². The van der Waals surface area contributed by atoms with Crippen molar-refractivity contribution >= 4 is 22.4 Å². The Labute approximate surface area is 100 Å². The van der Waals surface area contributed by atoms with Gasteiger partial charge in [-0.1, -0.05) is 29.8 Å². The van der Waals surface area contributed by atoms with E-state index in [-0.39, 0.29) is 6.54 Å². The SMILES string of the molecule is Cc1ccc2cc(N(C)CC(=O)O)ccc2c1. The number of anilines is 1. The molecule has 2 rings (SSSR count). The number of carbonyl (C=O) groups is 1. The van der Waals surface area contributed by atoms with E-state index in [2.05, 4.69) is 25.1 Å². The van der Waals surface area contributed by atoms with Crippen molar-refractivity contribution in [2.24, 2.45) is 0 Å². The Bertz CT molecular complexity index is 563. The third-order valence-electron chi connectivity index (χ3n) is 2.79. The molecule has 0 aliphatic heterocycles. The molecule has 2 aromatic carbocycles. The topological polar surface area (TPSA) is 40.5 Å². The van der Waals surface area contributed by atoms with E-state index in [0.29, 0.717) is 0 Å². The van der Waals surface area contributed by atoms with Crippen molar-refractivity contribution in [1.29, 1.82) is 0 Å². The van der Waals surface area contributed by atoms with E-state index < -0.39 is 5.97 Å². The van der Waals surface area contributed by atoms with Crippen LogP contribution in [0.2, 0.25) is 0 Å². The van der Waals surface area contributed by atoms with Gasteiger partial charge in [0, 0.05) is 12.7 Å². The van der Waals surface area contributed by atoms with Gasteiger partial charge in [0.05, 0.1) is 0 Å². The van der Waals surface area contributed by atoms with Crippen LogP contribution in [0.25, 0.3) is 10.8 Å². The fraction of sp³-hybridized carbons (Fsp3) is 0.214. The molecular weight excluding hydrogens is 214 g/mol. The average Bonchev–Trinajstić information content (AvgIpc) is 2.27. The van der Waals surface area contributed by atoms with Gasteiger partial charge in [0.2, 0.25) is 0 Å². The second-order valence-corrected chi connectivity index (χ2v) is 4.28. The Morgan fingerprint density at radius 3 is 2.53 bits per heavy atom. The number of carboxylic acid groups (broad SMARTS) is 1. The molecule has 0 atom stereocenters. The van der Waals surface area contributed by atoms with Gasteiger partial charge in [0.1, 0.15) is 6.54 Å². The molecule has 0 bridgehead atoms. The van der Waals surface area contributed by atoms with Gasteiger partial charge in [-0.15, -0.1) is 0 Å². The van der Waals surface area contributed by atoms with E-state index in [1.54, 1.807) is 11.9 Å². The lowest BCUT2D eigenvalue weighted by molar-refractivity contribution is -0.135. The first-order chi connectivity index (χ1) is 8.06. The zero-order valence-electron chi connectivity index (χ0n) is 9.97. The molecule has 3 nitrogen and oxygen atoms in total. The average molecular weight is 229 g/mol. The molecule has 0 fully saturated rings. The zero-order valence-corrected chi connectivity index (χ0v) is 9.97. The molecule has 0 aliphatic rings. The van der Waals surface area contributed by atoms with Crippen LogP contribution in [0.3, 0.4) is 0 Å². The summed E-state index contributed by atoms with van der Waals surface area (Å²) in [7, 11) is 1.78. The molecule has 3 heteroatoms. The van der Waals surface area contributed by atoms with Gasteiger partial charge in [-0.3, -0.25) is 4.79 Å². The van der Waals surface area contributed by atoms with Gasteiger partial charge in [-0.05, 0) is 29.8 Å². The first-order valence-electron chi connectivity index (χ1n) is 5.49. The normalized spacial score (nSPS) is 10.5. The first kappa shape index (κ1) is 11.5. The van der Waals surface area contributed by atoms with Gasteiger partial charge in [-0.25, -0.2) is 0 Å². The van der Waals surface area contributed by atoms with E-state index in [0.717, 1.165) is 11.1 Å². The van der Waals surface area contributed by atoms with Crippen molar-refractivity contribution in [2.45, 2.75) is 6.92 Å². The predicted molar refractivity (Wildman–Crippen MR) is 69.6 cm³/mol. The summed E-state index contributed by atoms with van der Waals surface area (Å²) >= 11 is 0. The van der Waals surface area contributed by atoms with E-state index >= 15 is 0 Å². The van der Waals surface area contributed by atoms with Crippen molar-refractivity contribution in [1.82, 2.24) is 0 Å². The second kappa shape index (κ2) is 4.45. The summed E-state index contributed by atoms with van der Waals surface area (Å²) < 4.78 is 0. The number of likely N-dealkylation sites (N-methyl/N-ethyl adjacent to an activating group) is 1. The molecule has 1 N–H and O–H groups in total. The van der Waals surface area contributed by atoms with Gasteiger partial charge < -0.3 is 10.0 Å². The zero-order chi connectivity index (χ0) is 12.4. The van der Waals surface area contributed by atoms with Crippen LogP contribution in [0, 0.1) is 6.92 Å². The van der Waals surface area contributed by atoms with Gasteiger partial charge >= 0.3 is 5.97 Å². The number of rotatable bonds is 3. The van der Waals surface area contributed by atoms with E-state index in [1.807, 2.05) is 18.2 Å². The van der Waals surface area contributed by atoms with Crippen molar-refractivity contribution in [3.8, 4) is 0 Å². The molecule has 2 aromatic rings. The molecule has 0 aromatic heterocycles. The summed E-state index contributed by atoms with van der Waals surface area (Å²) in [5.74, 6) is -0.823. The highest BCUT2D eigenvalue weighted by atomic mass is 16.4. The Balaban J connectivity index is 2.37. The lowest BCUT2D eigenvalue weighted by Crippen LogP contribution is -2.24. The number of hydrogen-bond donors (Lipinski definition) is 1. The second-order valence-electron chi connectivity index (χ2n) is 4.28. The van der Waals surface area contributed by atoms with Crippen LogP contribution in [0.5, 0.6) is 0 Å². The van der Waals surface area contributed by atoms with Crippen molar-refractivity contribution in [3.63, 3.8) is 0 Å². The number of fused-ring (bicyclic) bond motifs is 1.